The first-order valence-electron chi connectivity index (χ1n) is 6.83. The number of amides is 1. The molecule has 118 valence electrons. The second kappa shape index (κ2) is 7.28. The largest absolute Gasteiger partial charge is 0.405 e. The zero-order valence-corrected chi connectivity index (χ0v) is 12.3. The third-order valence-corrected chi connectivity index (χ3v) is 2.70. The molecule has 0 bridgehead atoms. The Labute approximate surface area is 122 Å². The minimum Gasteiger partial charge on any atom is -0.370 e. The van der Waals surface area contributed by atoms with Gasteiger partial charge in [0.2, 0.25) is 0 Å². The van der Waals surface area contributed by atoms with E-state index in [1.54, 1.807) is 0 Å². The Bertz CT molecular complexity index is 487. The molecule has 0 spiro atoms. The number of alkyl halides is 3. The van der Waals surface area contributed by atoms with E-state index in [0.717, 1.165) is 6.42 Å². The minimum absolute atomic E-state index is 0.0718. The highest BCUT2D eigenvalue weighted by molar-refractivity contribution is 5.95. The molecule has 1 aromatic heterocycles. The standard InChI is InChI=1S/C14H20F3N3O/c1-4-5-18-12-7-10(6-11(20-12)9(2)3)13(21)19-8-14(15,16)17/h6-7,9H,4-5,8H2,1-3H3,(H,18,20)(H,19,21). The fourth-order valence-corrected chi connectivity index (χ4v) is 1.60. The van der Waals surface area contributed by atoms with E-state index in [0.29, 0.717) is 18.1 Å². The fraction of sp³-hybridized carbons (Fsp3) is 0.571. The molecular weight excluding hydrogens is 283 g/mol. The molecule has 21 heavy (non-hydrogen) atoms. The number of anilines is 1. The van der Waals surface area contributed by atoms with Crippen molar-refractivity contribution >= 4 is 11.7 Å². The molecule has 0 fully saturated rings. The van der Waals surface area contributed by atoms with Crippen molar-refractivity contribution < 1.29 is 18.0 Å². The van der Waals surface area contributed by atoms with Crippen molar-refractivity contribution in [3.8, 4) is 0 Å². The van der Waals surface area contributed by atoms with Crippen LogP contribution in [-0.4, -0.2) is 30.2 Å². The van der Waals surface area contributed by atoms with E-state index in [2.05, 4.69) is 10.3 Å². The van der Waals surface area contributed by atoms with Crippen LogP contribution >= 0.6 is 0 Å². The van der Waals surface area contributed by atoms with Gasteiger partial charge in [0.15, 0.2) is 0 Å². The van der Waals surface area contributed by atoms with Crippen LogP contribution in [0.1, 0.15) is 49.2 Å². The Kier molecular flexibility index (Phi) is 5.99. The lowest BCUT2D eigenvalue weighted by atomic mass is 10.1. The summed E-state index contributed by atoms with van der Waals surface area (Å²) in [6.45, 7) is 5.13. The summed E-state index contributed by atoms with van der Waals surface area (Å²) in [6.07, 6.45) is -3.55. The van der Waals surface area contributed by atoms with E-state index in [-0.39, 0.29) is 11.5 Å². The summed E-state index contributed by atoms with van der Waals surface area (Å²) in [4.78, 5) is 16.2. The molecule has 1 rings (SSSR count). The molecule has 7 heteroatoms. The molecule has 2 N–H and O–H groups in total. The third kappa shape index (κ3) is 6.01. The van der Waals surface area contributed by atoms with E-state index in [9.17, 15) is 18.0 Å². The van der Waals surface area contributed by atoms with Crippen LogP contribution in [0.15, 0.2) is 12.1 Å². The van der Waals surface area contributed by atoms with E-state index < -0.39 is 18.6 Å². The van der Waals surface area contributed by atoms with Crippen LogP contribution in [0, 0.1) is 0 Å². The number of carbonyl (C=O) groups is 1. The Hall–Kier alpha value is -1.79. The smallest absolute Gasteiger partial charge is 0.370 e. The van der Waals surface area contributed by atoms with Gasteiger partial charge in [0.05, 0.1) is 0 Å². The van der Waals surface area contributed by atoms with Crippen LogP contribution < -0.4 is 10.6 Å². The lowest BCUT2D eigenvalue weighted by Gasteiger charge is -2.13. The molecule has 4 nitrogen and oxygen atoms in total. The van der Waals surface area contributed by atoms with Gasteiger partial charge in [-0.3, -0.25) is 4.79 Å². The fourth-order valence-electron chi connectivity index (χ4n) is 1.60. The topological polar surface area (TPSA) is 54.0 Å². The maximum Gasteiger partial charge on any atom is 0.405 e. The number of carbonyl (C=O) groups excluding carboxylic acids is 1. The maximum atomic E-state index is 12.1. The summed E-state index contributed by atoms with van der Waals surface area (Å²) >= 11 is 0. The van der Waals surface area contributed by atoms with Crippen molar-refractivity contribution in [1.82, 2.24) is 10.3 Å². The molecule has 0 aliphatic heterocycles. The second-order valence-electron chi connectivity index (χ2n) is 5.05. The highest BCUT2D eigenvalue weighted by atomic mass is 19.4. The Balaban J connectivity index is 2.93. The Morgan fingerprint density at radius 3 is 2.52 bits per heavy atom. The van der Waals surface area contributed by atoms with E-state index in [4.69, 9.17) is 0 Å². The van der Waals surface area contributed by atoms with Gasteiger partial charge < -0.3 is 10.6 Å². The van der Waals surface area contributed by atoms with Crippen molar-refractivity contribution in [3.05, 3.63) is 23.4 Å². The summed E-state index contributed by atoms with van der Waals surface area (Å²) in [5.74, 6) is -0.182. The second-order valence-corrected chi connectivity index (χ2v) is 5.05. The van der Waals surface area contributed by atoms with Crippen molar-refractivity contribution in [2.24, 2.45) is 0 Å². The van der Waals surface area contributed by atoms with Crippen molar-refractivity contribution in [2.75, 3.05) is 18.4 Å². The molecule has 0 saturated heterocycles. The predicted octanol–water partition coefficient (Wildman–Crippen LogP) is 3.32. The molecule has 0 unspecified atom stereocenters. The number of nitrogens with zero attached hydrogens (tertiary/aromatic N) is 1. The zero-order chi connectivity index (χ0) is 16.0. The quantitative estimate of drug-likeness (QED) is 0.847. The van der Waals surface area contributed by atoms with E-state index >= 15 is 0 Å². The molecular formula is C14H20F3N3O. The van der Waals surface area contributed by atoms with Crippen LogP contribution in [0.2, 0.25) is 0 Å². The van der Waals surface area contributed by atoms with Gasteiger partial charge in [0.1, 0.15) is 12.4 Å². The molecule has 1 heterocycles. The molecule has 1 amide bonds. The van der Waals surface area contributed by atoms with Gasteiger partial charge in [-0.25, -0.2) is 4.98 Å². The first-order valence-corrected chi connectivity index (χ1v) is 6.83. The average Bonchev–Trinajstić information content (AvgIpc) is 2.41. The van der Waals surface area contributed by atoms with Gasteiger partial charge in [-0.1, -0.05) is 20.8 Å². The molecule has 0 radical (unpaired) electrons. The number of hydrogen-bond donors (Lipinski definition) is 2. The molecule has 1 aromatic rings. The van der Waals surface area contributed by atoms with Gasteiger partial charge in [0, 0.05) is 17.8 Å². The van der Waals surface area contributed by atoms with Crippen LogP contribution in [-0.2, 0) is 0 Å². The van der Waals surface area contributed by atoms with E-state index in [1.165, 1.54) is 12.1 Å². The molecule has 0 aromatic carbocycles. The van der Waals surface area contributed by atoms with Crippen LogP contribution in [0.25, 0.3) is 0 Å². The highest BCUT2D eigenvalue weighted by Crippen LogP contribution is 2.18. The van der Waals surface area contributed by atoms with Gasteiger partial charge in [-0.05, 0) is 24.5 Å². The monoisotopic (exact) mass is 303 g/mol. The summed E-state index contributed by atoms with van der Waals surface area (Å²) in [5.41, 5.74) is 0.838. The van der Waals surface area contributed by atoms with Crippen molar-refractivity contribution in [1.29, 1.82) is 0 Å². The number of nitrogens with one attached hydrogen (secondary N) is 2. The van der Waals surface area contributed by atoms with Crippen LogP contribution in [0.4, 0.5) is 19.0 Å². The highest BCUT2D eigenvalue weighted by Gasteiger charge is 2.28. The summed E-state index contributed by atoms with van der Waals surface area (Å²) in [6, 6.07) is 2.99. The summed E-state index contributed by atoms with van der Waals surface area (Å²) in [7, 11) is 0. The van der Waals surface area contributed by atoms with Crippen LogP contribution in [0.3, 0.4) is 0 Å². The molecule has 0 saturated carbocycles. The summed E-state index contributed by atoms with van der Waals surface area (Å²) < 4.78 is 36.4. The number of pyridine rings is 1. The third-order valence-electron chi connectivity index (χ3n) is 2.70. The minimum atomic E-state index is -4.42. The van der Waals surface area contributed by atoms with Gasteiger partial charge in [0.25, 0.3) is 5.91 Å². The number of aromatic nitrogens is 1. The Morgan fingerprint density at radius 2 is 2.00 bits per heavy atom. The molecule has 0 aliphatic rings. The maximum absolute atomic E-state index is 12.1. The zero-order valence-electron chi connectivity index (χ0n) is 12.3. The van der Waals surface area contributed by atoms with E-state index in [1.807, 2.05) is 26.1 Å². The van der Waals surface area contributed by atoms with Gasteiger partial charge in [-0.2, -0.15) is 13.2 Å². The lowest BCUT2D eigenvalue weighted by molar-refractivity contribution is -0.123. The van der Waals surface area contributed by atoms with Crippen molar-refractivity contribution in [2.45, 2.75) is 39.3 Å². The first kappa shape index (κ1) is 17.3. The Morgan fingerprint density at radius 1 is 1.33 bits per heavy atom. The molecule has 0 aliphatic carbocycles. The molecule has 0 atom stereocenters. The number of hydrogen-bond acceptors (Lipinski definition) is 3. The SMILES string of the molecule is CCCNc1cc(C(=O)NCC(F)(F)F)cc(C(C)C)n1. The van der Waals surface area contributed by atoms with Crippen molar-refractivity contribution in [3.63, 3.8) is 0 Å². The number of rotatable bonds is 6. The normalized spacial score (nSPS) is 11.6. The summed E-state index contributed by atoms with van der Waals surface area (Å²) in [5, 5.41) is 4.91. The van der Waals surface area contributed by atoms with Crippen LogP contribution in [0.5, 0.6) is 0 Å². The first-order chi connectivity index (χ1) is 9.73. The lowest BCUT2D eigenvalue weighted by Crippen LogP contribution is -2.33. The van der Waals surface area contributed by atoms with Gasteiger partial charge in [-0.15, -0.1) is 0 Å². The predicted molar refractivity (Wildman–Crippen MR) is 75.5 cm³/mol. The average molecular weight is 303 g/mol. The van der Waals surface area contributed by atoms with Gasteiger partial charge >= 0.3 is 6.18 Å². The number of halogens is 3.